The first-order valence-corrected chi connectivity index (χ1v) is 7.30. The van der Waals surface area contributed by atoms with Gasteiger partial charge in [0.1, 0.15) is 0 Å². The van der Waals surface area contributed by atoms with Crippen LogP contribution >= 0.6 is 0 Å². The lowest BCUT2D eigenvalue weighted by Crippen LogP contribution is -2.45. The van der Waals surface area contributed by atoms with Crippen LogP contribution < -0.4 is 5.32 Å². The van der Waals surface area contributed by atoms with Crippen LogP contribution in [-0.2, 0) is 11.2 Å². The Morgan fingerprint density at radius 2 is 2.16 bits per heavy atom. The van der Waals surface area contributed by atoms with Crippen LogP contribution in [0.3, 0.4) is 0 Å². The molecule has 2 aliphatic rings. The number of fused-ring (bicyclic) bond motifs is 1. The number of nitrogens with zero attached hydrogens (tertiary/aromatic N) is 1. The molecule has 1 heterocycles. The summed E-state index contributed by atoms with van der Waals surface area (Å²) < 4.78 is 0. The van der Waals surface area contributed by atoms with Gasteiger partial charge in [-0.15, -0.1) is 0 Å². The minimum absolute atomic E-state index is 0.283. The van der Waals surface area contributed by atoms with E-state index in [0.29, 0.717) is 18.2 Å². The van der Waals surface area contributed by atoms with Crippen molar-refractivity contribution >= 4 is 5.91 Å². The van der Waals surface area contributed by atoms with Crippen LogP contribution in [0, 0.1) is 5.92 Å². The predicted molar refractivity (Wildman–Crippen MR) is 75.9 cm³/mol. The topological polar surface area (TPSA) is 32.3 Å². The van der Waals surface area contributed by atoms with Gasteiger partial charge in [0.15, 0.2) is 0 Å². The van der Waals surface area contributed by atoms with E-state index in [9.17, 15) is 4.79 Å². The summed E-state index contributed by atoms with van der Waals surface area (Å²) in [5, 5.41) is 3.23. The fraction of sp³-hybridized carbons (Fsp3) is 0.562. The fourth-order valence-corrected chi connectivity index (χ4v) is 3.19. The van der Waals surface area contributed by atoms with Crippen molar-refractivity contribution in [1.29, 1.82) is 0 Å². The first-order chi connectivity index (χ1) is 9.25. The lowest BCUT2D eigenvalue weighted by atomic mass is 9.86. The molecule has 1 unspecified atom stereocenters. The number of rotatable bonds is 3. The quantitative estimate of drug-likeness (QED) is 0.901. The van der Waals surface area contributed by atoms with E-state index in [4.69, 9.17) is 0 Å². The molecule has 1 saturated heterocycles. The van der Waals surface area contributed by atoms with Gasteiger partial charge in [-0.1, -0.05) is 24.3 Å². The van der Waals surface area contributed by atoms with Gasteiger partial charge in [-0.2, -0.15) is 0 Å². The molecule has 0 bridgehead atoms. The monoisotopic (exact) mass is 258 g/mol. The van der Waals surface area contributed by atoms with E-state index in [2.05, 4.69) is 29.6 Å². The Bertz CT molecular complexity index is 468. The molecule has 3 heteroatoms. The molecule has 19 heavy (non-hydrogen) atoms. The van der Waals surface area contributed by atoms with E-state index in [1.807, 2.05) is 11.9 Å². The van der Waals surface area contributed by atoms with Crippen LogP contribution in [0.1, 0.15) is 36.4 Å². The van der Waals surface area contributed by atoms with Gasteiger partial charge in [0.25, 0.3) is 0 Å². The molecule has 0 saturated carbocycles. The molecule has 1 amide bonds. The van der Waals surface area contributed by atoms with Crippen LogP contribution in [-0.4, -0.2) is 30.9 Å². The lowest BCUT2D eigenvalue weighted by Gasteiger charge is -2.35. The zero-order valence-electron chi connectivity index (χ0n) is 11.6. The summed E-state index contributed by atoms with van der Waals surface area (Å²) in [6, 6.07) is 8.86. The van der Waals surface area contributed by atoms with Gasteiger partial charge in [0.2, 0.25) is 5.91 Å². The first-order valence-electron chi connectivity index (χ1n) is 7.30. The van der Waals surface area contributed by atoms with E-state index >= 15 is 0 Å². The van der Waals surface area contributed by atoms with E-state index in [-0.39, 0.29) is 6.04 Å². The molecule has 1 aliphatic heterocycles. The maximum Gasteiger partial charge on any atom is 0.223 e. The second kappa shape index (κ2) is 5.33. The zero-order valence-corrected chi connectivity index (χ0v) is 11.6. The first kappa shape index (κ1) is 12.7. The molecule has 1 N–H and O–H groups in total. The molecule has 3 nitrogen and oxygen atoms in total. The number of amides is 1. The van der Waals surface area contributed by atoms with Gasteiger partial charge < -0.3 is 10.2 Å². The summed E-state index contributed by atoms with van der Waals surface area (Å²) >= 11 is 0. The lowest BCUT2D eigenvalue weighted by molar-refractivity contribution is -0.133. The highest BCUT2D eigenvalue weighted by molar-refractivity contribution is 5.77. The number of carbonyl (C=O) groups excluding carboxylic acids is 1. The van der Waals surface area contributed by atoms with Crippen LogP contribution in [0.15, 0.2) is 24.3 Å². The highest BCUT2D eigenvalue weighted by atomic mass is 16.2. The second-order valence-corrected chi connectivity index (χ2v) is 5.84. The summed E-state index contributed by atoms with van der Waals surface area (Å²) in [5.41, 5.74) is 2.78. The SMILES string of the molecule is CN(C(=O)CC1CNC1)C1CCCc2ccccc21. The Morgan fingerprint density at radius 3 is 2.89 bits per heavy atom. The Kier molecular flexibility index (Phi) is 3.56. The molecule has 1 aromatic carbocycles. The average Bonchev–Trinajstić information content (AvgIpc) is 2.41. The number of hydrogen-bond acceptors (Lipinski definition) is 2. The van der Waals surface area contributed by atoms with Crippen molar-refractivity contribution in [3.8, 4) is 0 Å². The van der Waals surface area contributed by atoms with Gasteiger partial charge in [0, 0.05) is 13.5 Å². The molecule has 102 valence electrons. The third kappa shape index (κ3) is 2.52. The third-order valence-corrected chi connectivity index (χ3v) is 4.53. The molecule has 1 atom stereocenters. The third-order valence-electron chi connectivity index (χ3n) is 4.53. The molecule has 0 spiro atoms. The maximum atomic E-state index is 12.4. The maximum absolute atomic E-state index is 12.4. The number of benzene rings is 1. The van der Waals surface area contributed by atoms with Crippen LogP contribution in [0.4, 0.5) is 0 Å². The van der Waals surface area contributed by atoms with Crippen molar-refractivity contribution in [2.45, 2.75) is 31.7 Å². The summed E-state index contributed by atoms with van der Waals surface area (Å²) in [6.45, 7) is 2.00. The van der Waals surface area contributed by atoms with Gasteiger partial charge in [-0.3, -0.25) is 4.79 Å². The molecule has 0 aromatic heterocycles. The van der Waals surface area contributed by atoms with Gasteiger partial charge >= 0.3 is 0 Å². The number of carbonyl (C=O) groups is 1. The van der Waals surface area contributed by atoms with Crippen molar-refractivity contribution in [2.24, 2.45) is 5.92 Å². The Labute approximate surface area is 115 Å². The summed E-state index contributed by atoms with van der Waals surface area (Å²) in [5.74, 6) is 0.849. The Hall–Kier alpha value is -1.35. The second-order valence-electron chi connectivity index (χ2n) is 5.84. The molecule has 1 aliphatic carbocycles. The standard InChI is InChI=1S/C16H22N2O/c1-18(16(19)9-12-10-17-11-12)15-8-4-6-13-5-2-3-7-14(13)15/h2-3,5,7,12,15,17H,4,6,8-11H2,1H3. The largest absolute Gasteiger partial charge is 0.339 e. The van der Waals surface area contributed by atoms with Crippen molar-refractivity contribution < 1.29 is 4.79 Å². The fourth-order valence-electron chi connectivity index (χ4n) is 3.19. The number of nitrogens with one attached hydrogen (secondary N) is 1. The number of aryl methyl sites for hydroxylation is 1. The average molecular weight is 258 g/mol. The molecule has 0 radical (unpaired) electrons. The van der Waals surface area contributed by atoms with Crippen molar-refractivity contribution in [3.05, 3.63) is 35.4 Å². The van der Waals surface area contributed by atoms with Crippen molar-refractivity contribution in [3.63, 3.8) is 0 Å². The minimum Gasteiger partial charge on any atom is -0.339 e. The molecule has 1 aromatic rings. The highest BCUT2D eigenvalue weighted by Gasteiger charge is 2.28. The summed E-state index contributed by atoms with van der Waals surface area (Å²) in [4.78, 5) is 14.3. The zero-order chi connectivity index (χ0) is 13.2. The Morgan fingerprint density at radius 1 is 1.37 bits per heavy atom. The molecule has 3 rings (SSSR count). The minimum atomic E-state index is 0.283. The molecule has 1 fully saturated rings. The van der Waals surface area contributed by atoms with E-state index in [0.717, 1.165) is 25.9 Å². The van der Waals surface area contributed by atoms with Crippen molar-refractivity contribution in [2.75, 3.05) is 20.1 Å². The van der Waals surface area contributed by atoms with Crippen LogP contribution in [0.5, 0.6) is 0 Å². The molecular weight excluding hydrogens is 236 g/mol. The summed E-state index contributed by atoms with van der Waals surface area (Å²) in [6.07, 6.45) is 4.13. The normalized spacial score (nSPS) is 22.5. The summed E-state index contributed by atoms with van der Waals surface area (Å²) in [7, 11) is 1.97. The van der Waals surface area contributed by atoms with Crippen LogP contribution in [0.2, 0.25) is 0 Å². The van der Waals surface area contributed by atoms with E-state index in [1.54, 1.807) is 0 Å². The van der Waals surface area contributed by atoms with Gasteiger partial charge in [-0.05, 0) is 49.4 Å². The van der Waals surface area contributed by atoms with Crippen LogP contribution in [0.25, 0.3) is 0 Å². The smallest absolute Gasteiger partial charge is 0.223 e. The highest BCUT2D eigenvalue weighted by Crippen LogP contribution is 2.34. The number of hydrogen-bond donors (Lipinski definition) is 1. The molecular formula is C16H22N2O. The Balaban J connectivity index is 1.73. The predicted octanol–water partition coefficient (Wildman–Crippen LogP) is 2.13. The van der Waals surface area contributed by atoms with Crippen molar-refractivity contribution in [1.82, 2.24) is 10.2 Å². The van der Waals surface area contributed by atoms with E-state index in [1.165, 1.54) is 17.5 Å². The van der Waals surface area contributed by atoms with Gasteiger partial charge in [0.05, 0.1) is 6.04 Å². The van der Waals surface area contributed by atoms with E-state index < -0.39 is 0 Å². The van der Waals surface area contributed by atoms with Gasteiger partial charge in [-0.25, -0.2) is 0 Å².